The van der Waals surface area contributed by atoms with Gasteiger partial charge in [-0.1, -0.05) is 50.6 Å². The lowest BCUT2D eigenvalue weighted by Gasteiger charge is -2.36. The number of benzene rings is 1. The minimum Gasteiger partial charge on any atom is -0.284 e. The van der Waals surface area contributed by atoms with Gasteiger partial charge in [0.2, 0.25) is 11.8 Å². The first-order chi connectivity index (χ1) is 13.4. The highest BCUT2D eigenvalue weighted by molar-refractivity contribution is 7.99. The fourth-order valence-corrected chi connectivity index (χ4v) is 4.61. The molecule has 1 aliphatic carbocycles. The molecule has 0 aliphatic heterocycles. The number of hydrazine groups is 1. The maximum Gasteiger partial charge on any atom is 0.262 e. The number of hydrogen-bond donors (Lipinski definition) is 2. The molecule has 28 heavy (non-hydrogen) atoms. The van der Waals surface area contributed by atoms with E-state index in [0.29, 0.717) is 27.9 Å². The van der Waals surface area contributed by atoms with Crippen molar-refractivity contribution in [2.75, 3.05) is 5.75 Å². The minimum atomic E-state index is -0.348. The zero-order valence-corrected chi connectivity index (χ0v) is 17.2. The van der Waals surface area contributed by atoms with Crippen molar-refractivity contribution in [1.29, 1.82) is 0 Å². The molecule has 1 aromatic heterocycles. The number of aromatic nitrogens is 2. The molecule has 1 fully saturated rings. The van der Waals surface area contributed by atoms with Crippen LogP contribution in [0.2, 0.25) is 0 Å². The van der Waals surface area contributed by atoms with E-state index >= 15 is 0 Å². The lowest BCUT2D eigenvalue weighted by atomic mass is 9.78. The number of thioether (sulfide) groups is 1. The molecular weight excluding hydrogens is 376 g/mol. The summed E-state index contributed by atoms with van der Waals surface area (Å²) in [4.78, 5) is 41.0. The molecule has 0 radical (unpaired) electrons. The van der Waals surface area contributed by atoms with Gasteiger partial charge in [-0.3, -0.25) is 29.8 Å². The summed E-state index contributed by atoms with van der Waals surface area (Å²) in [5.74, 6) is 0.241. The number of hydrogen-bond acceptors (Lipinski definition) is 5. The molecule has 1 saturated carbocycles. The largest absolute Gasteiger partial charge is 0.284 e. The van der Waals surface area contributed by atoms with Crippen LogP contribution in [0, 0.1) is 11.8 Å². The van der Waals surface area contributed by atoms with E-state index in [4.69, 9.17) is 4.98 Å². The number of carbonyl (C=O) groups excluding carboxylic acids is 2. The number of nitrogens with one attached hydrogen (secondary N) is 2. The average Bonchev–Trinajstić information content (AvgIpc) is 2.67. The van der Waals surface area contributed by atoms with E-state index in [1.54, 1.807) is 10.6 Å². The molecule has 2 amide bonds. The average molecular weight is 403 g/mol. The first-order valence-electron chi connectivity index (χ1n) is 9.58. The Kier molecular flexibility index (Phi) is 6.39. The maximum atomic E-state index is 13.3. The molecule has 2 N–H and O–H groups in total. The van der Waals surface area contributed by atoms with Crippen molar-refractivity contribution in [3.63, 3.8) is 0 Å². The fourth-order valence-electron chi connectivity index (χ4n) is 3.76. The first kappa shape index (κ1) is 20.4. The van der Waals surface area contributed by atoms with Crippen LogP contribution in [-0.4, -0.2) is 27.1 Å². The van der Waals surface area contributed by atoms with Gasteiger partial charge in [0.1, 0.15) is 0 Å². The summed E-state index contributed by atoms with van der Waals surface area (Å²) in [7, 11) is 0. The summed E-state index contributed by atoms with van der Waals surface area (Å²) >= 11 is 1.22. The highest BCUT2D eigenvalue weighted by Crippen LogP contribution is 2.38. The Balaban J connectivity index is 1.96. The summed E-state index contributed by atoms with van der Waals surface area (Å²) in [5.41, 5.74) is 5.19. The van der Waals surface area contributed by atoms with Crippen LogP contribution in [0.1, 0.15) is 46.1 Å². The number of carbonyl (C=O) groups is 2. The lowest BCUT2D eigenvalue weighted by Crippen LogP contribution is -2.41. The van der Waals surface area contributed by atoms with E-state index < -0.39 is 0 Å². The van der Waals surface area contributed by atoms with Crippen molar-refractivity contribution in [2.24, 2.45) is 11.8 Å². The summed E-state index contributed by atoms with van der Waals surface area (Å²) in [6, 6.07) is 7.37. The minimum absolute atomic E-state index is 0.0543. The van der Waals surface area contributed by atoms with E-state index in [9.17, 15) is 14.4 Å². The Morgan fingerprint density at radius 2 is 1.96 bits per heavy atom. The topological polar surface area (TPSA) is 93.1 Å². The molecule has 3 atom stereocenters. The van der Waals surface area contributed by atoms with Crippen LogP contribution in [0.4, 0.5) is 0 Å². The predicted octanol–water partition coefficient (Wildman–Crippen LogP) is 2.65. The van der Waals surface area contributed by atoms with Crippen LogP contribution in [-0.2, 0) is 9.59 Å². The second-order valence-corrected chi connectivity index (χ2v) is 8.38. The Morgan fingerprint density at radius 1 is 1.21 bits per heavy atom. The Morgan fingerprint density at radius 3 is 2.71 bits per heavy atom. The zero-order valence-electron chi connectivity index (χ0n) is 16.4. The smallest absolute Gasteiger partial charge is 0.262 e. The molecular formula is C20H26N4O3S. The number of fused-ring (bicyclic) bond motifs is 1. The maximum absolute atomic E-state index is 13.3. The molecule has 1 aromatic carbocycles. The van der Waals surface area contributed by atoms with Crippen molar-refractivity contribution in [3.05, 3.63) is 34.6 Å². The van der Waals surface area contributed by atoms with Gasteiger partial charge in [0.25, 0.3) is 5.56 Å². The van der Waals surface area contributed by atoms with Crippen LogP contribution in [0.15, 0.2) is 34.2 Å². The van der Waals surface area contributed by atoms with Crippen LogP contribution >= 0.6 is 11.8 Å². The Bertz CT molecular complexity index is 943. The van der Waals surface area contributed by atoms with Crippen molar-refractivity contribution < 1.29 is 9.59 Å². The van der Waals surface area contributed by atoms with Gasteiger partial charge in [-0.05, 0) is 30.4 Å². The van der Waals surface area contributed by atoms with Gasteiger partial charge in [0, 0.05) is 13.0 Å². The molecule has 150 valence electrons. The van der Waals surface area contributed by atoms with E-state index in [0.717, 1.165) is 19.3 Å². The van der Waals surface area contributed by atoms with Crippen molar-refractivity contribution in [2.45, 2.75) is 51.2 Å². The van der Waals surface area contributed by atoms with Crippen LogP contribution in [0.25, 0.3) is 10.9 Å². The molecule has 0 unspecified atom stereocenters. The van der Waals surface area contributed by atoms with E-state index in [1.165, 1.54) is 18.7 Å². The highest BCUT2D eigenvalue weighted by atomic mass is 32.2. The molecule has 2 aromatic rings. The highest BCUT2D eigenvalue weighted by Gasteiger charge is 2.31. The third-order valence-corrected chi connectivity index (χ3v) is 6.43. The summed E-state index contributed by atoms with van der Waals surface area (Å²) in [6.45, 7) is 5.74. The van der Waals surface area contributed by atoms with Crippen LogP contribution in [0.5, 0.6) is 0 Å². The molecule has 1 heterocycles. The van der Waals surface area contributed by atoms with E-state index in [1.807, 2.05) is 18.2 Å². The summed E-state index contributed by atoms with van der Waals surface area (Å²) < 4.78 is 1.79. The number of nitrogens with zero attached hydrogens (tertiary/aromatic N) is 2. The molecule has 3 rings (SSSR count). The Hall–Kier alpha value is -2.35. The quantitative estimate of drug-likeness (QED) is 0.466. The van der Waals surface area contributed by atoms with E-state index in [2.05, 4.69) is 24.7 Å². The molecule has 1 aliphatic rings. The van der Waals surface area contributed by atoms with Gasteiger partial charge < -0.3 is 0 Å². The molecule has 0 spiro atoms. The lowest BCUT2D eigenvalue weighted by molar-refractivity contribution is -0.126. The SMILES string of the molecule is CC(=O)NNC(=O)CSc1nc2ccccc2c(=O)n1[C@@H]1CCC[C@H](C)[C@H]1C. The Labute approximate surface area is 168 Å². The normalized spacial score (nSPS) is 22.0. The first-order valence-corrected chi connectivity index (χ1v) is 10.6. The molecule has 7 nitrogen and oxygen atoms in total. The zero-order chi connectivity index (χ0) is 20.3. The standard InChI is InChI=1S/C20H26N4O3S/c1-12-7-6-10-17(13(12)2)24-19(27)15-8-4-5-9-16(15)21-20(24)28-11-18(26)23-22-14(3)25/h4-5,8-9,12-13,17H,6-7,10-11H2,1-3H3,(H,22,25)(H,23,26)/t12-,13+,17+/m0/s1. The molecule has 8 heteroatoms. The van der Waals surface area contributed by atoms with Gasteiger partial charge in [-0.25, -0.2) is 4.98 Å². The number of para-hydroxylation sites is 1. The second-order valence-electron chi connectivity index (χ2n) is 7.44. The van der Waals surface area contributed by atoms with Gasteiger partial charge >= 0.3 is 0 Å². The van der Waals surface area contributed by atoms with Crippen LogP contribution < -0.4 is 16.4 Å². The summed E-state index contributed by atoms with van der Waals surface area (Å²) in [6.07, 6.45) is 3.16. The fraction of sp³-hybridized carbons (Fsp3) is 0.500. The monoisotopic (exact) mass is 402 g/mol. The summed E-state index contributed by atoms with van der Waals surface area (Å²) in [5, 5.41) is 1.15. The number of amides is 2. The van der Waals surface area contributed by atoms with Gasteiger partial charge in [0.05, 0.1) is 16.7 Å². The number of rotatable bonds is 4. The van der Waals surface area contributed by atoms with Crippen molar-refractivity contribution >= 4 is 34.5 Å². The second kappa shape index (κ2) is 8.77. The van der Waals surface area contributed by atoms with Gasteiger partial charge in [0.15, 0.2) is 5.16 Å². The van der Waals surface area contributed by atoms with Crippen molar-refractivity contribution in [3.8, 4) is 0 Å². The van der Waals surface area contributed by atoms with Crippen LogP contribution in [0.3, 0.4) is 0 Å². The third kappa shape index (κ3) is 4.38. The molecule has 0 saturated heterocycles. The van der Waals surface area contributed by atoms with Gasteiger partial charge in [-0.2, -0.15) is 0 Å². The molecule has 0 bridgehead atoms. The predicted molar refractivity (Wildman–Crippen MR) is 110 cm³/mol. The van der Waals surface area contributed by atoms with Crippen molar-refractivity contribution in [1.82, 2.24) is 20.4 Å². The third-order valence-electron chi connectivity index (χ3n) is 5.48. The van der Waals surface area contributed by atoms with E-state index in [-0.39, 0.29) is 29.2 Å². The van der Waals surface area contributed by atoms with Gasteiger partial charge in [-0.15, -0.1) is 0 Å².